The highest BCUT2D eigenvalue weighted by molar-refractivity contribution is 7.13. The molecule has 2 N–H and O–H groups in total. The summed E-state index contributed by atoms with van der Waals surface area (Å²) in [4.78, 5) is 15.6. The minimum Gasteiger partial charge on any atom is -0.375 e. The number of nitrogen functional groups attached to an aromatic ring is 1. The van der Waals surface area contributed by atoms with E-state index in [2.05, 4.69) is 4.98 Å². The molecule has 1 aromatic heterocycles. The summed E-state index contributed by atoms with van der Waals surface area (Å²) in [6.07, 6.45) is -0.0173. The van der Waals surface area contributed by atoms with E-state index in [1.807, 2.05) is 0 Å². The Morgan fingerprint density at radius 3 is 2.47 bits per heavy atom. The number of Topliss-reactive ketones (excluding diaryl/α,β-unsaturated/α-hetero) is 1. The van der Waals surface area contributed by atoms with Gasteiger partial charge in [-0.05, 0) is 12.1 Å². The molecule has 0 amide bonds. The first kappa shape index (κ1) is 11.7. The summed E-state index contributed by atoms with van der Waals surface area (Å²) in [5.74, 6) is -1.94. The standard InChI is InChI=1S/C11H8F2N2OS/c12-7-1-6(2-8(13)3-7)10(16)4-9-5-17-11(14)15-9/h1-3,5H,4H2,(H2,14,15). The summed E-state index contributed by atoms with van der Waals surface area (Å²) < 4.78 is 25.8. The molecular formula is C11H8F2N2OS. The second kappa shape index (κ2) is 4.58. The number of nitrogens with two attached hydrogens (primary N) is 1. The third-order valence-electron chi connectivity index (χ3n) is 2.10. The van der Waals surface area contributed by atoms with Crippen LogP contribution in [-0.4, -0.2) is 10.8 Å². The van der Waals surface area contributed by atoms with Gasteiger partial charge in [-0.1, -0.05) is 0 Å². The van der Waals surface area contributed by atoms with Gasteiger partial charge in [0.1, 0.15) is 11.6 Å². The van der Waals surface area contributed by atoms with E-state index < -0.39 is 17.4 Å². The molecular weight excluding hydrogens is 246 g/mol. The van der Waals surface area contributed by atoms with Crippen LogP contribution in [0.3, 0.4) is 0 Å². The number of thiazole rings is 1. The fraction of sp³-hybridized carbons (Fsp3) is 0.0909. The minimum absolute atomic E-state index is 0.00549. The summed E-state index contributed by atoms with van der Waals surface area (Å²) >= 11 is 1.21. The van der Waals surface area contributed by atoms with E-state index in [0.29, 0.717) is 10.8 Å². The highest BCUT2D eigenvalue weighted by Gasteiger charge is 2.11. The lowest BCUT2D eigenvalue weighted by Crippen LogP contribution is -2.05. The van der Waals surface area contributed by atoms with Crippen molar-refractivity contribution in [3.63, 3.8) is 0 Å². The average Bonchev–Trinajstić information content (AvgIpc) is 2.62. The van der Waals surface area contributed by atoms with Crippen LogP contribution in [0.5, 0.6) is 0 Å². The van der Waals surface area contributed by atoms with Gasteiger partial charge in [0.25, 0.3) is 0 Å². The molecule has 6 heteroatoms. The van der Waals surface area contributed by atoms with E-state index in [1.165, 1.54) is 11.3 Å². The van der Waals surface area contributed by atoms with Gasteiger partial charge >= 0.3 is 0 Å². The molecule has 2 aromatic rings. The molecule has 1 aromatic carbocycles. The van der Waals surface area contributed by atoms with E-state index in [9.17, 15) is 13.6 Å². The van der Waals surface area contributed by atoms with Crippen molar-refractivity contribution >= 4 is 22.3 Å². The normalized spacial score (nSPS) is 10.5. The number of carbonyl (C=O) groups is 1. The number of aromatic nitrogens is 1. The number of halogens is 2. The van der Waals surface area contributed by atoms with Crippen LogP contribution in [0.1, 0.15) is 16.1 Å². The Bertz CT molecular complexity index is 548. The van der Waals surface area contributed by atoms with E-state index in [-0.39, 0.29) is 12.0 Å². The van der Waals surface area contributed by atoms with Gasteiger partial charge in [-0.2, -0.15) is 0 Å². The van der Waals surface area contributed by atoms with Crippen molar-refractivity contribution in [1.82, 2.24) is 4.98 Å². The molecule has 2 rings (SSSR count). The second-order valence-electron chi connectivity index (χ2n) is 3.44. The Hall–Kier alpha value is -1.82. The number of hydrogen-bond donors (Lipinski definition) is 1. The zero-order chi connectivity index (χ0) is 12.4. The van der Waals surface area contributed by atoms with Gasteiger partial charge in [-0.3, -0.25) is 4.79 Å². The minimum atomic E-state index is -0.772. The second-order valence-corrected chi connectivity index (χ2v) is 4.32. The molecule has 88 valence electrons. The molecule has 0 fully saturated rings. The lowest BCUT2D eigenvalue weighted by molar-refractivity contribution is 0.0991. The molecule has 1 heterocycles. The molecule has 0 aliphatic rings. The van der Waals surface area contributed by atoms with Crippen LogP contribution < -0.4 is 5.73 Å². The maximum Gasteiger partial charge on any atom is 0.180 e. The van der Waals surface area contributed by atoms with Crippen molar-refractivity contribution in [2.45, 2.75) is 6.42 Å². The summed E-state index contributed by atoms with van der Waals surface area (Å²) in [6.45, 7) is 0. The van der Waals surface area contributed by atoms with Gasteiger partial charge in [0.05, 0.1) is 12.1 Å². The molecule has 3 nitrogen and oxygen atoms in total. The highest BCUT2D eigenvalue weighted by Crippen LogP contribution is 2.15. The third-order valence-corrected chi connectivity index (χ3v) is 2.82. The Kier molecular flexibility index (Phi) is 3.14. The maximum absolute atomic E-state index is 12.9. The summed E-state index contributed by atoms with van der Waals surface area (Å²) in [6, 6.07) is 2.72. The molecule has 17 heavy (non-hydrogen) atoms. The number of rotatable bonds is 3. The first-order valence-corrected chi connectivity index (χ1v) is 5.62. The van der Waals surface area contributed by atoms with Gasteiger partial charge in [0.15, 0.2) is 10.9 Å². The number of nitrogens with zero attached hydrogens (tertiary/aromatic N) is 1. The van der Waals surface area contributed by atoms with Gasteiger partial charge in [0.2, 0.25) is 0 Å². The first-order chi connectivity index (χ1) is 8.04. The Morgan fingerprint density at radius 1 is 1.29 bits per heavy atom. The maximum atomic E-state index is 12.9. The SMILES string of the molecule is Nc1nc(CC(=O)c2cc(F)cc(F)c2)cs1. The summed E-state index contributed by atoms with van der Waals surface area (Å²) in [5.41, 5.74) is 5.91. The highest BCUT2D eigenvalue weighted by atomic mass is 32.1. The van der Waals surface area contributed by atoms with Crippen molar-refractivity contribution in [2.24, 2.45) is 0 Å². The molecule has 0 spiro atoms. The Labute approximate surface area is 99.9 Å². The molecule has 0 bridgehead atoms. The molecule has 0 saturated heterocycles. The topological polar surface area (TPSA) is 56.0 Å². The van der Waals surface area contributed by atoms with Gasteiger partial charge in [0, 0.05) is 17.0 Å². The summed E-state index contributed by atoms with van der Waals surface area (Å²) in [5, 5.41) is 2.00. The van der Waals surface area contributed by atoms with Gasteiger partial charge in [-0.15, -0.1) is 11.3 Å². The lowest BCUT2D eigenvalue weighted by Gasteiger charge is -1.99. The molecule has 0 atom stereocenters. The number of carbonyl (C=O) groups excluding carboxylic acids is 1. The Balaban J connectivity index is 2.19. The van der Waals surface area contributed by atoms with E-state index in [0.717, 1.165) is 18.2 Å². The van der Waals surface area contributed by atoms with Crippen LogP contribution in [0.25, 0.3) is 0 Å². The molecule has 0 saturated carbocycles. The first-order valence-electron chi connectivity index (χ1n) is 4.74. The zero-order valence-corrected chi connectivity index (χ0v) is 9.43. The lowest BCUT2D eigenvalue weighted by atomic mass is 10.1. The van der Waals surface area contributed by atoms with Crippen molar-refractivity contribution in [1.29, 1.82) is 0 Å². The van der Waals surface area contributed by atoms with Crippen LogP contribution in [0.2, 0.25) is 0 Å². The number of anilines is 1. The molecule has 0 unspecified atom stereocenters. The predicted octanol–water partition coefficient (Wildman–Crippen LogP) is 2.43. The van der Waals surface area contributed by atoms with Crippen LogP contribution in [0.15, 0.2) is 23.6 Å². The van der Waals surface area contributed by atoms with Crippen LogP contribution in [0, 0.1) is 11.6 Å². The summed E-state index contributed by atoms with van der Waals surface area (Å²) in [7, 11) is 0. The number of ketones is 1. The van der Waals surface area contributed by atoms with Crippen molar-refractivity contribution < 1.29 is 13.6 Å². The fourth-order valence-electron chi connectivity index (χ4n) is 1.39. The predicted molar refractivity (Wildman–Crippen MR) is 60.9 cm³/mol. The zero-order valence-electron chi connectivity index (χ0n) is 8.61. The quantitative estimate of drug-likeness (QED) is 0.856. The van der Waals surface area contributed by atoms with Crippen LogP contribution in [0.4, 0.5) is 13.9 Å². The molecule has 0 radical (unpaired) electrons. The van der Waals surface area contributed by atoms with E-state index in [1.54, 1.807) is 5.38 Å². The van der Waals surface area contributed by atoms with Gasteiger partial charge < -0.3 is 5.73 Å². The third kappa shape index (κ3) is 2.85. The number of benzene rings is 1. The largest absolute Gasteiger partial charge is 0.375 e. The van der Waals surface area contributed by atoms with Crippen LogP contribution >= 0.6 is 11.3 Å². The fourth-order valence-corrected chi connectivity index (χ4v) is 1.95. The smallest absolute Gasteiger partial charge is 0.180 e. The van der Waals surface area contributed by atoms with E-state index >= 15 is 0 Å². The van der Waals surface area contributed by atoms with E-state index in [4.69, 9.17) is 5.73 Å². The monoisotopic (exact) mass is 254 g/mol. The van der Waals surface area contributed by atoms with Crippen molar-refractivity contribution in [2.75, 3.05) is 5.73 Å². The van der Waals surface area contributed by atoms with Crippen molar-refractivity contribution in [3.8, 4) is 0 Å². The number of hydrogen-bond acceptors (Lipinski definition) is 4. The molecule has 0 aliphatic carbocycles. The van der Waals surface area contributed by atoms with Gasteiger partial charge in [-0.25, -0.2) is 13.8 Å². The van der Waals surface area contributed by atoms with Crippen LogP contribution in [-0.2, 0) is 6.42 Å². The molecule has 0 aliphatic heterocycles. The van der Waals surface area contributed by atoms with Crippen molar-refractivity contribution in [3.05, 3.63) is 46.5 Å². The Morgan fingerprint density at radius 2 is 1.94 bits per heavy atom. The average molecular weight is 254 g/mol.